The molecule has 0 aliphatic rings. The van der Waals surface area contributed by atoms with Crippen LogP contribution < -0.4 is 20.4 Å². The molecule has 4 rings (SSSR count). The van der Waals surface area contributed by atoms with Crippen molar-refractivity contribution in [1.29, 1.82) is 0 Å². The van der Waals surface area contributed by atoms with Crippen LogP contribution in [0.4, 0.5) is 22.7 Å². The molecule has 2 amide bonds. The Morgan fingerprint density at radius 3 is 1.10 bits per heavy atom. The van der Waals surface area contributed by atoms with Crippen LogP contribution in [0.15, 0.2) is 97.1 Å². The summed E-state index contributed by atoms with van der Waals surface area (Å²) in [5, 5.41) is 6.31. The molecule has 0 aliphatic heterocycles. The largest absolute Gasteiger partial charge is 0.463 e. The summed E-state index contributed by atoms with van der Waals surface area (Å²) in [7, 11) is 0. The molecule has 4 aromatic rings. The van der Waals surface area contributed by atoms with Gasteiger partial charge in [-0.15, -0.1) is 0 Å². The third-order valence-electron chi connectivity index (χ3n) is 11.5. The molecule has 0 aromatic heterocycles. The number of rotatable bonds is 26. The molecule has 0 saturated heterocycles. The number of anilines is 4. The standard InChI is InChI=1S/2C29H40N2O3/c2*1-6-9-17-31(18-10-7-2)27-16-15-25(23(5)19-29(33)34-8-3)21-26(27)30-28(32)20-24-13-11-22(4)12-14-24/h2*11-16,19,21H,6-10,17-18,20H2,1-5H3,(H,30,32)/b23-19+;23-19-. The van der Waals surface area contributed by atoms with E-state index in [1.807, 2.05) is 100 Å². The minimum Gasteiger partial charge on any atom is -0.463 e. The molecule has 0 heterocycles. The van der Waals surface area contributed by atoms with Gasteiger partial charge in [0, 0.05) is 38.3 Å². The zero-order valence-electron chi connectivity index (χ0n) is 42.9. The Balaban J connectivity index is 0.000000360. The van der Waals surface area contributed by atoms with E-state index in [1.165, 1.54) is 23.3 Å². The van der Waals surface area contributed by atoms with E-state index in [0.717, 1.165) is 134 Å². The quantitative estimate of drug-likeness (QED) is 0.0472. The summed E-state index contributed by atoms with van der Waals surface area (Å²) < 4.78 is 10.1. The number of esters is 2. The number of allylic oxidation sites excluding steroid dienone is 2. The molecule has 0 spiro atoms. The van der Waals surface area contributed by atoms with Gasteiger partial charge in [-0.1, -0.05) is 125 Å². The van der Waals surface area contributed by atoms with E-state index in [0.29, 0.717) is 26.1 Å². The molecule has 68 heavy (non-hydrogen) atoms. The Kier molecular flexibility index (Phi) is 25.6. The molecular weight excluding hydrogens is 849 g/mol. The predicted octanol–water partition coefficient (Wildman–Crippen LogP) is 13.1. The average Bonchev–Trinajstić information content (AvgIpc) is 3.31. The maximum Gasteiger partial charge on any atom is 0.331 e. The molecule has 0 fully saturated rings. The lowest BCUT2D eigenvalue weighted by atomic mass is 10.0. The van der Waals surface area contributed by atoms with Crippen molar-refractivity contribution >= 4 is 57.6 Å². The Bertz CT molecular complexity index is 2070. The Morgan fingerprint density at radius 2 is 0.809 bits per heavy atom. The van der Waals surface area contributed by atoms with Gasteiger partial charge in [0.05, 0.1) is 48.8 Å². The maximum absolute atomic E-state index is 13.0. The molecule has 0 bridgehead atoms. The van der Waals surface area contributed by atoms with Crippen molar-refractivity contribution < 1.29 is 28.7 Å². The van der Waals surface area contributed by atoms with Crippen LogP contribution in [-0.4, -0.2) is 63.1 Å². The van der Waals surface area contributed by atoms with Crippen LogP contribution >= 0.6 is 0 Å². The first-order chi connectivity index (χ1) is 32.7. The van der Waals surface area contributed by atoms with E-state index in [1.54, 1.807) is 13.8 Å². The molecule has 10 nitrogen and oxygen atoms in total. The normalized spacial score (nSPS) is 11.3. The first-order valence-corrected chi connectivity index (χ1v) is 24.9. The second kappa shape index (κ2) is 31.0. The third kappa shape index (κ3) is 20.0. The molecule has 4 aromatic carbocycles. The molecule has 0 saturated carbocycles. The van der Waals surface area contributed by atoms with E-state index in [9.17, 15) is 19.2 Å². The van der Waals surface area contributed by atoms with Gasteiger partial charge in [-0.2, -0.15) is 0 Å². The van der Waals surface area contributed by atoms with E-state index in [4.69, 9.17) is 9.47 Å². The topological polar surface area (TPSA) is 117 Å². The summed E-state index contributed by atoms with van der Waals surface area (Å²) in [4.78, 5) is 54.6. The van der Waals surface area contributed by atoms with Crippen LogP contribution in [-0.2, 0) is 41.5 Å². The molecule has 2 N–H and O–H groups in total. The number of hydrogen-bond acceptors (Lipinski definition) is 8. The lowest BCUT2D eigenvalue weighted by Crippen LogP contribution is -2.27. The molecular formula is C58H80N4O6. The Labute approximate surface area is 408 Å². The summed E-state index contributed by atoms with van der Waals surface area (Å²) >= 11 is 0. The first-order valence-electron chi connectivity index (χ1n) is 24.9. The number of hydrogen-bond donors (Lipinski definition) is 2. The maximum atomic E-state index is 13.0. The number of carbonyl (C=O) groups excluding carboxylic acids is 4. The average molecular weight is 929 g/mol. The molecule has 10 heteroatoms. The Hall–Kier alpha value is -6.16. The number of aryl methyl sites for hydroxylation is 2. The number of unbranched alkanes of at least 4 members (excludes halogenated alkanes) is 4. The number of amides is 2. The lowest BCUT2D eigenvalue weighted by molar-refractivity contribution is -0.138. The van der Waals surface area contributed by atoms with Crippen molar-refractivity contribution in [3.05, 3.63) is 130 Å². The van der Waals surface area contributed by atoms with Gasteiger partial charge in [0.2, 0.25) is 11.8 Å². The summed E-state index contributed by atoms with van der Waals surface area (Å²) in [6.45, 7) is 24.6. The minimum absolute atomic E-state index is 0.0554. The van der Waals surface area contributed by atoms with E-state index in [-0.39, 0.29) is 23.8 Å². The van der Waals surface area contributed by atoms with Gasteiger partial charge in [0.25, 0.3) is 0 Å². The highest BCUT2D eigenvalue weighted by atomic mass is 16.5. The van der Waals surface area contributed by atoms with Crippen molar-refractivity contribution in [2.75, 3.05) is 59.8 Å². The molecule has 0 radical (unpaired) electrons. The second-order valence-electron chi connectivity index (χ2n) is 17.4. The van der Waals surface area contributed by atoms with Crippen LogP contribution in [0.5, 0.6) is 0 Å². The monoisotopic (exact) mass is 929 g/mol. The van der Waals surface area contributed by atoms with Gasteiger partial charge in [-0.25, -0.2) is 9.59 Å². The van der Waals surface area contributed by atoms with Crippen LogP contribution in [0.1, 0.15) is 140 Å². The van der Waals surface area contributed by atoms with Crippen LogP contribution in [0.3, 0.4) is 0 Å². The van der Waals surface area contributed by atoms with Gasteiger partial charge < -0.3 is 29.9 Å². The first kappa shape index (κ1) is 56.2. The number of carbonyl (C=O) groups is 4. The fraction of sp³-hybridized carbons (Fsp3) is 0.448. The fourth-order valence-electron chi connectivity index (χ4n) is 7.48. The predicted molar refractivity (Wildman–Crippen MR) is 285 cm³/mol. The summed E-state index contributed by atoms with van der Waals surface area (Å²) in [6.07, 6.45) is 12.4. The minimum atomic E-state index is -0.360. The van der Waals surface area contributed by atoms with Gasteiger partial charge in [0.1, 0.15) is 0 Å². The van der Waals surface area contributed by atoms with Crippen molar-refractivity contribution in [1.82, 2.24) is 0 Å². The highest BCUT2D eigenvalue weighted by Gasteiger charge is 2.18. The highest BCUT2D eigenvalue weighted by Crippen LogP contribution is 2.33. The summed E-state index contributed by atoms with van der Waals surface area (Å²) in [5.74, 6) is -0.830. The molecule has 0 unspecified atom stereocenters. The molecule has 368 valence electrons. The summed E-state index contributed by atoms with van der Waals surface area (Å²) in [6, 6.07) is 28.2. The van der Waals surface area contributed by atoms with Gasteiger partial charge in [0.15, 0.2) is 0 Å². The van der Waals surface area contributed by atoms with E-state index >= 15 is 0 Å². The van der Waals surface area contributed by atoms with Gasteiger partial charge in [-0.3, -0.25) is 9.59 Å². The van der Waals surface area contributed by atoms with E-state index in [2.05, 4.69) is 60.3 Å². The van der Waals surface area contributed by atoms with Crippen LogP contribution in [0.2, 0.25) is 0 Å². The van der Waals surface area contributed by atoms with Crippen LogP contribution in [0.25, 0.3) is 11.1 Å². The molecule has 0 atom stereocenters. The van der Waals surface area contributed by atoms with Gasteiger partial charge in [-0.05, 0) is 125 Å². The zero-order chi connectivity index (χ0) is 49.8. The van der Waals surface area contributed by atoms with Gasteiger partial charge >= 0.3 is 11.9 Å². The third-order valence-corrected chi connectivity index (χ3v) is 11.5. The van der Waals surface area contributed by atoms with Crippen LogP contribution in [0, 0.1) is 13.8 Å². The second-order valence-corrected chi connectivity index (χ2v) is 17.4. The fourth-order valence-corrected chi connectivity index (χ4v) is 7.48. The highest BCUT2D eigenvalue weighted by molar-refractivity contribution is 5.99. The number of benzene rings is 4. The zero-order valence-corrected chi connectivity index (χ0v) is 42.9. The van der Waals surface area contributed by atoms with E-state index < -0.39 is 0 Å². The SMILES string of the molecule is CCCCN(CCCC)c1ccc(/C(C)=C/C(=O)OCC)cc1NC(=O)Cc1ccc(C)cc1.CCCCN(CCCC)c1ccc(/C(C)=C\C(=O)OCC)cc1NC(=O)Cc1ccc(C)cc1. The molecule has 0 aliphatic carbocycles. The van der Waals surface area contributed by atoms with Crippen molar-refractivity contribution in [3.63, 3.8) is 0 Å². The number of nitrogens with zero attached hydrogens (tertiary/aromatic N) is 2. The van der Waals surface area contributed by atoms with Crippen molar-refractivity contribution in [2.45, 2.75) is 133 Å². The number of ether oxygens (including phenoxy) is 2. The smallest absolute Gasteiger partial charge is 0.331 e. The summed E-state index contributed by atoms with van der Waals surface area (Å²) in [5.41, 5.74) is 11.3. The van der Waals surface area contributed by atoms with Crippen molar-refractivity contribution in [2.24, 2.45) is 0 Å². The van der Waals surface area contributed by atoms with Crippen molar-refractivity contribution in [3.8, 4) is 0 Å². The Morgan fingerprint density at radius 1 is 0.485 bits per heavy atom. The number of nitrogens with one attached hydrogen (secondary N) is 2. The lowest BCUT2D eigenvalue weighted by Gasteiger charge is -2.28.